The van der Waals surface area contributed by atoms with Crippen LogP contribution in [0.5, 0.6) is 0 Å². The van der Waals surface area contributed by atoms with Gasteiger partial charge in [0.2, 0.25) is 0 Å². The minimum absolute atomic E-state index is 0.230. The van der Waals surface area contributed by atoms with E-state index in [9.17, 15) is 4.79 Å². The third-order valence-electron chi connectivity index (χ3n) is 3.67. The van der Waals surface area contributed by atoms with Gasteiger partial charge in [-0.15, -0.1) is 0 Å². The van der Waals surface area contributed by atoms with Gasteiger partial charge in [-0.1, -0.05) is 59.1 Å². The molecular formula is C19H16Cl2N4O. The first-order valence-electron chi connectivity index (χ1n) is 7.90. The van der Waals surface area contributed by atoms with Crippen LogP contribution in [0.2, 0.25) is 10.0 Å². The highest BCUT2D eigenvalue weighted by atomic mass is 35.5. The Kier molecular flexibility index (Phi) is 5.71. The molecule has 0 saturated carbocycles. The average Bonchev–Trinajstić information content (AvgIpc) is 2.65. The van der Waals surface area contributed by atoms with Gasteiger partial charge in [0, 0.05) is 6.54 Å². The van der Waals surface area contributed by atoms with Crippen LogP contribution >= 0.6 is 23.2 Å². The SMILES string of the molecule is Cc1ccc(CNC(=O)c2cnc(Nc3c(Cl)cccc3Cl)cn2)cc1. The van der Waals surface area contributed by atoms with Gasteiger partial charge in [-0.05, 0) is 24.6 Å². The van der Waals surface area contributed by atoms with Crippen LogP contribution in [0.15, 0.2) is 54.9 Å². The smallest absolute Gasteiger partial charge is 0.271 e. The average molecular weight is 387 g/mol. The summed E-state index contributed by atoms with van der Waals surface area (Å²) < 4.78 is 0. The Labute approximate surface area is 161 Å². The van der Waals surface area contributed by atoms with Gasteiger partial charge in [0.1, 0.15) is 11.5 Å². The van der Waals surface area contributed by atoms with E-state index < -0.39 is 0 Å². The molecule has 7 heteroatoms. The molecule has 0 unspecified atom stereocenters. The third-order valence-corrected chi connectivity index (χ3v) is 4.30. The molecule has 26 heavy (non-hydrogen) atoms. The second-order valence-electron chi connectivity index (χ2n) is 5.68. The van der Waals surface area contributed by atoms with Gasteiger partial charge in [0.05, 0.1) is 28.1 Å². The number of nitrogens with one attached hydrogen (secondary N) is 2. The van der Waals surface area contributed by atoms with Crippen LogP contribution in [0.25, 0.3) is 0 Å². The number of carbonyl (C=O) groups excluding carboxylic acids is 1. The van der Waals surface area contributed by atoms with Crippen molar-refractivity contribution < 1.29 is 4.79 Å². The molecule has 0 aliphatic rings. The number of rotatable bonds is 5. The van der Waals surface area contributed by atoms with Gasteiger partial charge in [-0.25, -0.2) is 9.97 Å². The predicted molar refractivity (Wildman–Crippen MR) is 104 cm³/mol. The first-order chi connectivity index (χ1) is 12.5. The van der Waals surface area contributed by atoms with Crippen LogP contribution in [0.3, 0.4) is 0 Å². The van der Waals surface area contributed by atoms with E-state index in [1.807, 2.05) is 31.2 Å². The Hall–Kier alpha value is -2.63. The summed E-state index contributed by atoms with van der Waals surface area (Å²) in [7, 11) is 0. The summed E-state index contributed by atoms with van der Waals surface area (Å²) in [6.07, 6.45) is 2.86. The summed E-state index contributed by atoms with van der Waals surface area (Å²) in [5, 5.41) is 6.76. The van der Waals surface area contributed by atoms with E-state index in [0.717, 1.165) is 5.56 Å². The normalized spacial score (nSPS) is 10.4. The second-order valence-corrected chi connectivity index (χ2v) is 6.49. The van der Waals surface area contributed by atoms with E-state index >= 15 is 0 Å². The second kappa shape index (κ2) is 8.17. The molecule has 1 aromatic heterocycles. The number of para-hydroxylation sites is 1. The zero-order chi connectivity index (χ0) is 18.5. The van der Waals surface area contributed by atoms with E-state index in [0.29, 0.717) is 28.1 Å². The van der Waals surface area contributed by atoms with E-state index in [4.69, 9.17) is 23.2 Å². The Morgan fingerprint density at radius 3 is 2.31 bits per heavy atom. The molecule has 0 bridgehead atoms. The lowest BCUT2D eigenvalue weighted by molar-refractivity contribution is 0.0945. The van der Waals surface area contributed by atoms with Crippen molar-refractivity contribution in [3.05, 3.63) is 81.7 Å². The maximum Gasteiger partial charge on any atom is 0.271 e. The van der Waals surface area contributed by atoms with Crippen LogP contribution in [-0.4, -0.2) is 15.9 Å². The van der Waals surface area contributed by atoms with Crippen LogP contribution < -0.4 is 10.6 Å². The largest absolute Gasteiger partial charge is 0.347 e. The van der Waals surface area contributed by atoms with E-state index in [1.165, 1.54) is 18.0 Å². The molecule has 2 N–H and O–H groups in total. The number of aryl methyl sites for hydroxylation is 1. The van der Waals surface area contributed by atoms with Gasteiger partial charge in [-0.3, -0.25) is 4.79 Å². The lowest BCUT2D eigenvalue weighted by atomic mass is 10.1. The fourth-order valence-electron chi connectivity index (χ4n) is 2.23. The van der Waals surface area contributed by atoms with Crippen molar-refractivity contribution in [2.75, 3.05) is 5.32 Å². The first-order valence-corrected chi connectivity index (χ1v) is 8.65. The van der Waals surface area contributed by atoms with Crippen LogP contribution in [0.4, 0.5) is 11.5 Å². The highest BCUT2D eigenvalue weighted by Crippen LogP contribution is 2.31. The maximum absolute atomic E-state index is 12.2. The summed E-state index contributed by atoms with van der Waals surface area (Å²) in [6.45, 7) is 2.44. The Bertz CT molecular complexity index is 892. The number of amides is 1. The molecule has 5 nitrogen and oxygen atoms in total. The number of halogens is 2. The Balaban J connectivity index is 1.63. The van der Waals surface area contributed by atoms with Crippen molar-refractivity contribution >= 4 is 40.6 Å². The molecule has 0 fully saturated rings. The lowest BCUT2D eigenvalue weighted by Crippen LogP contribution is -2.24. The van der Waals surface area contributed by atoms with Gasteiger partial charge in [0.25, 0.3) is 5.91 Å². The quantitative estimate of drug-likeness (QED) is 0.662. The molecule has 1 heterocycles. The predicted octanol–water partition coefficient (Wildman–Crippen LogP) is 4.77. The molecule has 2 aromatic carbocycles. The topological polar surface area (TPSA) is 66.9 Å². The molecule has 0 radical (unpaired) electrons. The minimum Gasteiger partial charge on any atom is -0.347 e. The number of benzene rings is 2. The molecule has 0 atom stereocenters. The number of hydrogen-bond donors (Lipinski definition) is 2. The van der Waals surface area contributed by atoms with Crippen LogP contribution in [0.1, 0.15) is 21.6 Å². The van der Waals surface area contributed by atoms with Crippen molar-refractivity contribution in [3.63, 3.8) is 0 Å². The van der Waals surface area contributed by atoms with Gasteiger partial charge < -0.3 is 10.6 Å². The molecule has 0 saturated heterocycles. The number of aromatic nitrogens is 2. The van der Waals surface area contributed by atoms with Crippen molar-refractivity contribution in [1.82, 2.24) is 15.3 Å². The monoisotopic (exact) mass is 386 g/mol. The summed E-state index contributed by atoms with van der Waals surface area (Å²) in [5.41, 5.74) is 2.96. The first kappa shape index (κ1) is 18.2. The fraction of sp³-hybridized carbons (Fsp3) is 0.105. The summed E-state index contributed by atoms with van der Waals surface area (Å²) in [4.78, 5) is 20.5. The minimum atomic E-state index is -0.291. The molecule has 0 spiro atoms. The lowest BCUT2D eigenvalue weighted by Gasteiger charge is -2.10. The van der Waals surface area contributed by atoms with Gasteiger partial charge >= 0.3 is 0 Å². The number of nitrogens with zero attached hydrogens (tertiary/aromatic N) is 2. The van der Waals surface area contributed by atoms with Gasteiger partial charge in [-0.2, -0.15) is 0 Å². The molecule has 1 amide bonds. The van der Waals surface area contributed by atoms with Crippen molar-refractivity contribution in [2.24, 2.45) is 0 Å². The van der Waals surface area contributed by atoms with Crippen molar-refractivity contribution in [3.8, 4) is 0 Å². The molecule has 0 aliphatic heterocycles. The van der Waals surface area contributed by atoms with Crippen molar-refractivity contribution in [1.29, 1.82) is 0 Å². The van der Waals surface area contributed by atoms with Gasteiger partial charge in [0.15, 0.2) is 0 Å². The maximum atomic E-state index is 12.2. The third kappa shape index (κ3) is 4.50. The van der Waals surface area contributed by atoms with Crippen LogP contribution in [-0.2, 0) is 6.54 Å². The Morgan fingerprint density at radius 1 is 1.00 bits per heavy atom. The number of hydrogen-bond acceptors (Lipinski definition) is 4. The van der Waals surface area contributed by atoms with Crippen molar-refractivity contribution in [2.45, 2.75) is 13.5 Å². The van der Waals surface area contributed by atoms with E-state index in [-0.39, 0.29) is 11.6 Å². The van der Waals surface area contributed by atoms with E-state index in [1.54, 1.807) is 18.2 Å². The highest BCUT2D eigenvalue weighted by Gasteiger charge is 2.10. The molecule has 132 valence electrons. The Morgan fingerprint density at radius 2 is 1.69 bits per heavy atom. The zero-order valence-electron chi connectivity index (χ0n) is 14.0. The number of anilines is 2. The number of carbonyl (C=O) groups is 1. The van der Waals surface area contributed by atoms with E-state index in [2.05, 4.69) is 20.6 Å². The fourth-order valence-corrected chi connectivity index (χ4v) is 2.73. The molecule has 3 rings (SSSR count). The standard InChI is InChI=1S/C19H16Cl2N4O/c1-12-5-7-13(8-6-12)9-24-19(26)16-10-23-17(11-22-16)25-18-14(20)3-2-4-15(18)21/h2-8,10-11H,9H2,1H3,(H,23,25)(H,24,26). The van der Waals surface area contributed by atoms with Crippen LogP contribution in [0, 0.1) is 6.92 Å². The molecular weight excluding hydrogens is 371 g/mol. The molecule has 0 aliphatic carbocycles. The molecule has 3 aromatic rings. The highest BCUT2D eigenvalue weighted by molar-refractivity contribution is 6.39. The summed E-state index contributed by atoms with van der Waals surface area (Å²) in [6, 6.07) is 13.1. The summed E-state index contributed by atoms with van der Waals surface area (Å²) in [5.74, 6) is 0.149. The zero-order valence-corrected chi connectivity index (χ0v) is 15.5. The summed E-state index contributed by atoms with van der Waals surface area (Å²) >= 11 is 12.2.